The SMILES string of the molecule is O=C(NCC1(C(=O)O)CC1)c1cncc(-c2ccc3c(c2)CCO3)c1. The number of rotatable bonds is 5. The molecule has 25 heavy (non-hydrogen) atoms. The minimum Gasteiger partial charge on any atom is -0.493 e. The highest BCUT2D eigenvalue weighted by Gasteiger charge is 2.50. The third-order valence-corrected chi connectivity index (χ3v) is 4.92. The molecule has 6 heteroatoms. The largest absolute Gasteiger partial charge is 0.493 e. The number of carbonyl (C=O) groups is 2. The van der Waals surface area contributed by atoms with Crippen LogP contribution in [0.3, 0.4) is 0 Å². The molecule has 0 saturated heterocycles. The van der Waals surface area contributed by atoms with E-state index in [9.17, 15) is 14.7 Å². The van der Waals surface area contributed by atoms with Gasteiger partial charge in [-0.05, 0) is 42.2 Å². The summed E-state index contributed by atoms with van der Waals surface area (Å²) in [6.45, 7) is 0.854. The van der Waals surface area contributed by atoms with Crippen LogP contribution in [0.25, 0.3) is 11.1 Å². The molecule has 1 fully saturated rings. The van der Waals surface area contributed by atoms with Gasteiger partial charge in [0.15, 0.2) is 0 Å². The molecule has 2 aliphatic rings. The molecule has 1 aliphatic heterocycles. The average molecular weight is 338 g/mol. The lowest BCUT2D eigenvalue weighted by Gasteiger charge is -2.11. The number of amides is 1. The van der Waals surface area contributed by atoms with Gasteiger partial charge in [-0.3, -0.25) is 14.6 Å². The van der Waals surface area contributed by atoms with Crippen molar-refractivity contribution in [2.45, 2.75) is 19.3 Å². The van der Waals surface area contributed by atoms with Gasteiger partial charge in [0.25, 0.3) is 5.91 Å². The van der Waals surface area contributed by atoms with Gasteiger partial charge in [0, 0.05) is 30.9 Å². The van der Waals surface area contributed by atoms with Crippen LogP contribution in [0.5, 0.6) is 5.75 Å². The van der Waals surface area contributed by atoms with Gasteiger partial charge >= 0.3 is 5.97 Å². The number of aromatic nitrogens is 1. The molecule has 6 nitrogen and oxygen atoms in total. The van der Waals surface area contributed by atoms with Crippen LogP contribution in [0.2, 0.25) is 0 Å². The minimum absolute atomic E-state index is 0.154. The van der Waals surface area contributed by atoms with E-state index in [-0.39, 0.29) is 12.5 Å². The fourth-order valence-corrected chi connectivity index (χ4v) is 3.06. The minimum atomic E-state index is -0.847. The van der Waals surface area contributed by atoms with Gasteiger partial charge < -0.3 is 15.2 Å². The zero-order valence-corrected chi connectivity index (χ0v) is 13.6. The van der Waals surface area contributed by atoms with Gasteiger partial charge in [0.2, 0.25) is 0 Å². The number of carbonyl (C=O) groups excluding carboxylic acids is 1. The van der Waals surface area contributed by atoms with E-state index in [2.05, 4.69) is 16.4 Å². The van der Waals surface area contributed by atoms with Crippen molar-refractivity contribution in [2.24, 2.45) is 5.41 Å². The van der Waals surface area contributed by atoms with Crippen molar-refractivity contribution in [1.29, 1.82) is 0 Å². The molecule has 4 rings (SSSR count). The summed E-state index contributed by atoms with van der Waals surface area (Å²) in [7, 11) is 0. The van der Waals surface area contributed by atoms with Crippen molar-refractivity contribution in [3.63, 3.8) is 0 Å². The predicted molar refractivity (Wildman–Crippen MR) is 90.5 cm³/mol. The van der Waals surface area contributed by atoms with Crippen molar-refractivity contribution >= 4 is 11.9 Å². The van der Waals surface area contributed by atoms with Gasteiger partial charge in [-0.15, -0.1) is 0 Å². The molecule has 1 aromatic heterocycles. The summed E-state index contributed by atoms with van der Waals surface area (Å²) in [5, 5.41) is 11.9. The second-order valence-electron chi connectivity index (χ2n) is 6.65. The Labute approximate surface area is 144 Å². The van der Waals surface area contributed by atoms with Gasteiger partial charge in [-0.25, -0.2) is 0 Å². The molecule has 0 atom stereocenters. The fraction of sp³-hybridized carbons (Fsp3) is 0.316. The van der Waals surface area contributed by atoms with E-state index in [1.807, 2.05) is 12.1 Å². The molecule has 0 bridgehead atoms. The molecular formula is C19H18N2O4. The van der Waals surface area contributed by atoms with Crippen LogP contribution in [0.15, 0.2) is 36.7 Å². The molecular weight excluding hydrogens is 320 g/mol. The molecule has 0 unspecified atom stereocenters. The highest BCUT2D eigenvalue weighted by molar-refractivity contribution is 5.95. The third kappa shape index (κ3) is 2.95. The van der Waals surface area contributed by atoms with Crippen molar-refractivity contribution in [2.75, 3.05) is 13.2 Å². The van der Waals surface area contributed by atoms with E-state index >= 15 is 0 Å². The van der Waals surface area contributed by atoms with Crippen molar-refractivity contribution in [3.8, 4) is 16.9 Å². The lowest BCUT2D eigenvalue weighted by atomic mass is 10.0. The molecule has 2 aromatic rings. The van der Waals surface area contributed by atoms with Crippen LogP contribution in [-0.2, 0) is 11.2 Å². The van der Waals surface area contributed by atoms with E-state index in [4.69, 9.17) is 4.74 Å². The summed E-state index contributed by atoms with van der Waals surface area (Å²) < 4.78 is 5.51. The van der Waals surface area contributed by atoms with Crippen LogP contribution in [0.1, 0.15) is 28.8 Å². The number of benzene rings is 1. The number of nitrogens with one attached hydrogen (secondary N) is 1. The van der Waals surface area contributed by atoms with Gasteiger partial charge in [-0.1, -0.05) is 6.07 Å². The Morgan fingerprint density at radius 1 is 1.20 bits per heavy atom. The summed E-state index contributed by atoms with van der Waals surface area (Å²) in [5.74, 6) is -0.236. The molecule has 1 saturated carbocycles. The van der Waals surface area contributed by atoms with Crippen LogP contribution in [-0.4, -0.2) is 35.1 Å². The number of fused-ring (bicyclic) bond motifs is 1. The smallest absolute Gasteiger partial charge is 0.311 e. The van der Waals surface area contributed by atoms with Crippen molar-refractivity contribution in [3.05, 3.63) is 47.8 Å². The number of ether oxygens (including phenoxy) is 1. The van der Waals surface area contributed by atoms with Gasteiger partial charge in [0.05, 0.1) is 17.6 Å². The molecule has 0 spiro atoms. The maximum Gasteiger partial charge on any atom is 0.311 e. The topological polar surface area (TPSA) is 88.5 Å². The second-order valence-corrected chi connectivity index (χ2v) is 6.65. The lowest BCUT2D eigenvalue weighted by Crippen LogP contribution is -2.34. The lowest BCUT2D eigenvalue weighted by molar-refractivity contribution is -0.143. The Hall–Kier alpha value is -2.89. The normalized spacial score (nSPS) is 16.6. The molecule has 2 heterocycles. The first-order chi connectivity index (χ1) is 12.1. The molecule has 1 aromatic carbocycles. The maximum atomic E-state index is 12.3. The first-order valence-electron chi connectivity index (χ1n) is 8.30. The maximum absolute atomic E-state index is 12.3. The number of nitrogens with zero attached hydrogens (tertiary/aromatic N) is 1. The van der Waals surface area contributed by atoms with E-state index in [0.717, 1.165) is 28.9 Å². The van der Waals surface area contributed by atoms with E-state index in [0.29, 0.717) is 25.0 Å². The number of carboxylic acids is 1. The average Bonchev–Trinajstić information content (AvgIpc) is 3.29. The Morgan fingerprint density at radius 3 is 2.80 bits per heavy atom. The Morgan fingerprint density at radius 2 is 2.04 bits per heavy atom. The van der Waals surface area contributed by atoms with E-state index < -0.39 is 11.4 Å². The first-order valence-corrected chi connectivity index (χ1v) is 8.30. The highest BCUT2D eigenvalue weighted by atomic mass is 16.5. The molecule has 128 valence electrons. The number of carboxylic acid groups (broad SMARTS) is 1. The summed E-state index contributed by atoms with van der Waals surface area (Å²) in [4.78, 5) is 27.7. The van der Waals surface area contributed by atoms with Crippen LogP contribution in [0, 0.1) is 5.41 Å². The molecule has 0 radical (unpaired) electrons. The third-order valence-electron chi connectivity index (χ3n) is 4.92. The van der Waals surface area contributed by atoms with Crippen LogP contribution in [0.4, 0.5) is 0 Å². The number of hydrogen-bond acceptors (Lipinski definition) is 4. The summed E-state index contributed by atoms with van der Waals surface area (Å²) >= 11 is 0. The Bertz CT molecular complexity index is 858. The van der Waals surface area contributed by atoms with Gasteiger partial charge in [0.1, 0.15) is 5.75 Å². The van der Waals surface area contributed by atoms with E-state index in [1.165, 1.54) is 6.20 Å². The number of aliphatic carboxylic acids is 1. The standard InChI is InChI=1S/C19H18N2O4/c22-17(21-11-19(4-5-19)18(23)24)15-8-14(9-20-10-15)12-1-2-16-13(7-12)3-6-25-16/h1-2,7-10H,3-6,11H2,(H,21,22)(H,23,24). The molecule has 1 aliphatic carbocycles. The fourth-order valence-electron chi connectivity index (χ4n) is 3.06. The number of pyridine rings is 1. The Kier molecular flexibility index (Phi) is 3.67. The van der Waals surface area contributed by atoms with Crippen LogP contribution >= 0.6 is 0 Å². The van der Waals surface area contributed by atoms with Crippen molar-refractivity contribution in [1.82, 2.24) is 10.3 Å². The zero-order valence-electron chi connectivity index (χ0n) is 13.6. The van der Waals surface area contributed by atoms with E-state index in [1.54, 1.807) is 12.3 Å². The van der Waals surface area contributed by atoms with Crippen molar-refractivity contribution < 1.29 is 19.4 Å². The highest BCUT2D eigenvalue weighted by Crippen LogP contribution is 2.45. The summed E-state index contributed by atoms with van der Waals surface area (Å²) in [5.41, 5.74) is 2.64. The predicted octanol–water partition coefficient (Wildman–Crippen LogP) is 2.28. The quantitative estimate of drug-likeness (QED) is 0.873. The summed E-state index contributed by atoms with van der Waals surface area (Å²) in [6, 6.07) is 7.73. The second kappa shape index (κ2) is 5.88. The van der Waals surface area contributed by atoms with Gasteiger partial charge in [-0.2, -0.15) is 0 Å². The van der Waals surface area contributed by atoms with Crippen LogP contribution < -0.4 is 10.1 Å². The zero-order chi connectivity index (χ0) is 17.4. The summed E-state index contributed by atoms with van der Waals surface area (Å²) in [6.07, 6.45) is 5.31. The Balaban J connectivity index is 1.51. The molecule has 2 N–H and O–H groups in total. The first kappa shape index (κ1) is 15.6. The number of hydrogen-bond donors (Lipinski definition) is 2. The monoisotopic (exact) mass is 338 g/mol. The molecule has 1 amide bonds.